The van der Waals surface area contributed by atoms with Gasteiger partial charge in [-0.3, -0.25) is 14.2 Å². The zero-order valence-corrected chi connectivity index (χ0v) is 18.9. The molecule has 0 radical (unpaired) electrons. The number of thioether (sulfide) groups is 1. The average Bonchev–Trinajstić information content (AvgIpc) is 3.27. The SMILES string of the molecule is Cc1cccc(C)c1NC(=O)[C@@H](C)Sc1nc2ccccc2c(=O)n1C[C@H]1CCCO1. The fourth-order valence-electron chi connectivity index (χ4n) is 3.84. The summed E-state index contributed by atoms with van der Waals surface area (Å²) in [5.41, 5.74) is 3.42. The standard InChI is InChI=1S/C24H27N3O3S/c1-15-8-6-9-16(2)21(15)26-22(28)17(3)31-24-25-20-12-5-4-11-19(20)23(29)27(24)14-18-10-7-13-30-18/h4-6,8-9,11-12,17-18H,7,10,13-14H2,1-3H3,(H,26,28)/t17-,18-/m1/s1. The molecule has 0 aliphatic carbocycles. The van der Waals surface area contributed by atoms with Crippen LogP contribution in [0.5, 0.6) is 0 Å². The molecule has 1 aromatic heterocycles. The second-order valence-corrected chi connectivity index (χ2v) is 9.29. The van der Waals surface area contributed by atoms with Crippen LogP contribution in [0.25, 0.3) is 10.9 Å². The van der Waals surface area contributed by atoms with E-state index in [1.165, 1.54) is 11.8 Å². The number of nitrogens with zero attached hydrogens (tertiary/aromatic N) is 2. The van der Waals surface area contributed by atoms with E-state index in [0.29, 0.717) is 22.6 Å². The Labute approximate surface area is 186 Å². The van der Waals surface area contributed by atoms with Crippen LogP contribution in [-0.2, 0) is 16.1 Å². The fourth-order valence-corrected chi connectivity index (χ4v) is 4.76. The Hall–Kier alpha value is -2.64. The zero-order valence-electron chi connectivity index (χ0n) is 18.1. The van der Waals surface area contributed by atoms with Crippen molar-refractivity contribution in [2.24, 2.45) is 0 Å². The summed E-state index contributed by atoms with van der Waals surface area (Å²) >= 11 is 1.31. The van der Waals surface area contributed by atoms with Gasteiger partial charge in [-0.25, -0.2) is 4.98 Å². The Morgan fingerprint density at radius 3 is 2.68 bits per heavy atom. The van der Waals surface area contributed by atoms with Gasteiger partial charge in [-0.1, -0.05) is 42.1 Å². The molecular weight excluding hydrogens is 410 g/mol. The second kappa shape index (κ2) is 9.24. The third-order valence-corrected chi connectivity index (χ3v) is 6.71. The Balaban J connectivity index is 1.63. The van der Waals surface area contributed by atoms with Crippen LogP contribution in [0.3, 0.4) is 0 Å². The Kier molecular flexibility index (Phi) is 6.43. The van der Waals surface area contributed by atoms with Crippen LogP contribution in [-0.4, -0.2) is 33.4 Å². The molecule has 1 amide bonds. The van der Waals surface area contributed by atoms with Crippen molar-refractivity contribution in [2.75, 3.05) is 11.9 Å². The van der Waals surface area contributed by atoms with Gasteiger partial charge in [0.25, 0.3) is 5.56 Å². The van der Waals surface area contributed by atoms with Crippen LogP contribution in [0.1, 0.15) is 30.9 Å². The van der Waals surface area contributed by atoms with Gasteiger partial charge in [-0.2, -0.15) is 0 Å². The highest BCUT2D eigenvalue weighted by Crippen LogP contribution is 2.26. The summed E-state index contributed by atoms with van der Waals surface area (Å²) in [5.74, 6) is -0.117. The molecule has 1 aliphatic rings. The number of aryl methyl sites for hydroxylation is 2. The Morgan fingerprint density at radius 2 is 1.97 bits per heavy atom. The van der Waals surface area contributed by atoms with Crippen molar-refractivity contribution >= 4 is 34.3 Å². The number of carbonyl (C=O) groups is 1. The quantitative estimate of drug-likeness (QED) is 0.459. The summed E-state index contributed by atoms with van der Waals surface area (Å²) in [6, 6.07) is 13.3. The van der Waals surface area contributed by atoms with Crippen molar-refractivity contribution in [3.8, 4) is 0 Å². The molecule has 0 bridgehead atoms. The second-order valence-electron chi connectivity index (χ2n) is 7.98. The van der Waals surface area contributed by atoms with Gasteiger partial charge in [0, 0.05) is 12.3 Å². The minimum absolute atomic E-state index is 0.00115. The Bertz CT molecular complexity index is 1150. The number of hydrogen-bond acceptors (Lipinski definition) is 5. The number of carbonyl (C=O) groups excluding carboxylic acids is 1. The number of hydrogen-bond donors (Lipinski definition) is 1. The van der Waals surface area contributed by atoms with Crippen molar-refractivity contribution in [2.45, 2.75) is 56.7 Å². The monoisotopic (exact) mass is 437 g/mol. The molecule has 1 N–H and O–H groups in total. The molecule has 162 valence electrons. The molecular formula is C24H27N3O3S. The van der Waals surface area contributed by atoms with Crippen molar-refractivity contribution in [1.29, 1.82) is 0 Å². The molecule has 0 unspecified atom stereocenters. The number of aromatic nitrogens is 2. The number of ether oxygens (including phenoxy) is 1. The van der Waals surface area contributed by atoms with E-state index in [9.17, 15) is 9.59 Å². The number of benzene rings is 2. The third kappa shape index (κ3) is 4.67. The first-order chi connectivity index (χ1) is 14.9. The molecule has 1 aliphatic heterocycles. The maximum atomic E-state index is 13.2. The normalized spacial score (nSPS) is 17.1. The first kappa shape index (κ1) is 21.6. The molecule has 4 rings (SSSR count). The lowest BCUT2D eigenvalue weighted by molar-refractivity contribution is -0.115. The van der Waals surface area contributed by atoms with Gasteiger partial charge in [0.1, 0.15) is 0 Å². The van der Waals surface area contributed by atoms with Crippen LogP contribution in [0.2, 0.25) is 0 Å². The van der Waals surface area contributed by atoms with E-state index in [-0.39, 0.29) is 17.6 Å². The lowest BCUT2D eigenvalue weighted by atomic mass is 10.1. The van der Waals surface area contributed by atoms with E-state index in [1.807, 2.05) is 57.2 Å². The van der Waals surface area contributed by atoms with Crippen molar-refractivity contribution in [3.63, 3.8) is 0 Å². The summed E-state index contributed by atoms with van der Waals surface area (Å²) in [6.45, 7) is 6.96. The molecule has 1 saturated heterocycles. The van der Waals surface area contributed by atoms with E-state index < -0.39 is 5.25 Å². The van der Waals surface area contributed by atoms with Crippen LogP contribution < -0.4 is 10.9 Å². The molecule has 2 aromatic carbocycles. The van der Waals surface area contributed by atoms with Gasteiger partial charge in [0.2, 0.25) is 5.91 Å². The molecule has 2 atom stereocenters. The molecule has 6 nitrogen and oxygen atoms in total. The number of amides is 1. The minimum atomic E-state index is -0.428. The van der Waals surface area contributed by atoms with Crippen LogP contribution in [0.4, 0.5) is 5.69 Å². The molecule has 1 fully saturated rings. The summed E-state index contributed by atoms with van der Waals surface area (Å²) in [4.78, 5) is 30.9. The summed E-state index contributed by atoms with van der Waals surface area (Å²) in [7, 11) is 0. The first-order valence-electron chi connectivity index (χ1n) is 10.6. The lowest BCUT2D eigenvalue weighted by Gasteiger charge is -2.19. The molecule has 7 heteroatoms. The third-order valence-electron chi connectivity index (χ3n) is 5.62. The molecule has 0 spiro atoms. The smallest absolute Gasteiger partial charge is 0.262 e. The maximum Gasteiger partial charge on any atom is 0.262 e. The van der Waals surface area contributed by atoms with Crippen molar-refractivity contribution in [3.05, 3.63) is 63.9 Å². The first-order valence-corrected chi connectivity index (χ1v) is 11.5. The number of anilines is 1. The average molecular weight is 438 g/mol. The molecule has 2 heterocycles. The van der Waals surface area contributed by atoms with E-state index in [2.05, 4.69) is 5.32 Å². The largest absolute Gasteiger partial charge is 0.376 e. The van der Waals surface area contributed by atoms with Crippen molar-refractivity contribution < 1.29 is 9.53 Å². The highest BCUT2D eigenvalue weighted by molar-refractivity contribution is 8.00. The van der Waals surface area contributed by atoms with Gasteiger partial charge < -0.3 is 10.1 Å². The summed E-state index contributed by atoms with van der Waals surface area (Å²) < 4.78 is 7.43. The highest BCUT2D eigenvalue weighted by atomic mass is 32.2. The van der Waals surface area contributed by atoms with Gasteiger partial charge in [-0.05, 0) is 56.9 Å². The van der Waals surface area contributed by atoms with E-state index in [4.69, 9.17) is 9.72 Å². The highest BCUT2D eigenvalue weighted by Gasteiger charge is 2.23. The van der Waals surface area contributed by atoms with Gasteiger partial charge in [0.15, 0.2) is 5.16 Å². The van der Waals surface area contributed by atoms with E-state index in [0.717, 1.165) is 36.3 Å². The molecule has 31 heavy (non-hydrogen) atoms. The summed E-state index contributed by atoms with van der Waals surface area (Å²) in [5, 5.41) is 3.74. The number of nitrogens with one attached hydrogen (secondary N) is 1. The van der Waals surface area contributed by atoms with Crippen LogP contribution in [0, 0.1) is 13.8 Å². The zero-order chi connectivity index (χ0) is 22.0. The molecule has 0 saturated carbocycles. The minimum Gasteiger partial charge on any atom is -0.376 e. The van der Waals surface area contributed by atoms with Gasteiger partial charge in [-0.15, -0.1) is 0 Å². The number of para-hydroxylation sites is 2. The number of rotatable bonds is 6. The fraction of sp³-hybridized carbons (Fsp3) is 0.375. The maximum absolute atomic E-state index is 13.2. The van der Waals surface area contributed by atoms with Crippen LogP contribution in [0.15, 0.2) is 52.4 Å². The van der Waals surface area contributed by atoms with Crippen LogP contribution >= 0.6 is 11.8 Å². The van der Waals surface area contributed by atoms with E-state index >= 15 is 0 Å². The Morgan fingerprint density at radius 1 is 1.23 bits per heavy atom. The topological polar surface area (TPSA) is 73.2 Å². The van der Waals surface area contributed by atoms with Gasteiger partial charge in [0.05, 0.1) is 28.8 Å². The summed E-state index contributed by atoms with van der Waals surface area (Å²) in [6.07, 6.45) is 1.92. The number of fused-ring (bicyclic) bond motifs is 1. The molecule has 3 aromatic rings. The lowest BCUT2D eigenvalue weighted by Crippen LogP contribution is -2.30. The van der Waals surface area contributed by atoms with Gasteiger partial charge >= 0.3 is 0 Å². The van der Waals surface area contributed by atoms with Crippen molar-refractivity contribution in [1.82, 2.24) is 9.55 Å². The predicted octanol–water partition coefficient (Wildman–Crippen LogP) is 4.31. The predicted molar refractivity (Wildman–Crippen MR) is 125 cm³/mol. The van der Waals surface area contributed by atoms with E-state index in [1.54, 1.807) is 10.6 Å².